The standard InChI is InChI=1S/C8H16O5/c1-4(9)6(11)3-7(12)8(13)5(2)10/h5-8,10-13H,3H2,1-2H3/t5-,6?,7-,8-/m1/s1. The highest BCUT2D eigenvalue weighted by Crippen LogP contribution is 2.07. The Labute approximate surface area is 76.6 Å². The molecule has 4 atom stereocenters. The average molecular weight is 192 g/mol. The molecular formula is C8H16O5. The van der Waals surface area contributed by atoms with Gasteiger partial charge < -0.3 is 20.4 Å². The molecule has 0 heterocycles. The first-order valence-corrected chi connectivity index (χ1v) is 4.09. The van der Waals surface area contributed by atoms with Crippen molar-refractivity contribution in [3.63, 3.8) is 0 Å². The van der Waals surface area contributed by atoms with Gasteiger partial charge in [0, 0.05) is 6.42 Å². The minimum Gasteiger partial charge on any atom is -0.391 e. The van der Waals surface area contributed by atoms with Crippen LogP contribution in [0.1, 0.15) is 20.3 Å². The summed E-state index contributed by atoms with van der Waals surface area (Å²) in [5.74, 6) is -0.475. The summed E-state index contributed by atoms with van der Waals surface area (Å²) in [4.78, 5) is 10.6. The van der Waals surface area contributed by atoms with Crippen molar-refractivity contribution in [1.29, 1.82) is 0 Å². The van der Waals surface area contributed by atoms with E-state index in [0.29, 0.717) is 0 Å². The average Bonchev–Trinajstić information content (AvgIpc) is 2.02. The molecule has 0 aromatic carbocycles. The van der Waals surface area contributed by atoms with Gasteiger partial charge in [0.1, 0.15) is 12.2 Å². The van der Waals surface area contributed by atoms with Gasteiger partial charge in [-0.1, -0.05) is 0 Å². The molecule has 0 aliphatic carbocycles. The summed E-state index contributed by atoms with van der Waals surface area (Å²) in [5.41, 5.74) is 0. The summed E-state index contributed by atoms with van der Waals surface area (Å²) >= 11 is 0. The van der Waals surface area contributed by atoms with Gasteiger partial charge in [0.05, 0.1) is 12.2 Å². The van der Waals surface area contributed by atoms with Crippen molar-refractivity contribution in [2.24, 2.45) is 0 Å². The molecule has 0 spiro atoms. The molecule has 0 rings (SSSR count). The largest absolute Gasteiger partial charge is 0.391 e. The Bertz CT molecular complexity index is 168. The molecule has 5 heteroatoms. The van der Waals surface area contributed by atoms with Crippen LogP contribution >= 0.6 is 0 Å². The normalized spacial score (nSPS) is 20.5. The molecule has 0 fully saturated rings. The summed E-state index contributed by atoms with van der Waals surface area (Å²) < 4.78 is 0. The maximum atomic E-state index is 10.6. The molecule has 0 saturated heterocycles. The summed E-state index contributed by atoms with van der Waals surface area (Å²) in [6.45, 7) is 2.50. The second-order valence-electron chi connectivity index (χ2n) is 3.16. The van der Waals surface area contributed by atoms with Crippen LogP contribution in [0, 0.1) is 0 Å². The Morgan fingerprint density at radius 2 is 1.69 bits per heavy atom. The SMILES string of the molecule is CC(=O)C(O)C[C@@H](O)[C@H](O)[C@@H](C)O. The molecule has 0 bridgehead atoms. The Balaban J connectivity index is 3.99. The van der Waals surface area contributed by atoms with Crippen molar-refractivity contribution in [1.82, 2.24) is 0 Å². The fraction of sp³-hybridized carbons (Fsp3) is 0.875. The van der Waals surface area contributed by atoms with Crippen molar-refractivity contribution < 1.29 is 25.2 Å². The lowest BCUT2D eigenvalue weighted by Crippen LogP contribution is -2.38. The Hall–Kier alpha value is -0.490. The zero-order valence-electron chi connectivity index (χ0n) is 7.71. The lowest BCUT2D eigenvalue weighted by Gasteiger charge is -2.21. The molecule has 1 unspecified atom stereocenters. The van der Waals surface area contributed by atoms with E-state index in [9.17, 15) is 9.90 Å². The lowest BCUT2D eigenvalue weighted by molar-refractivity contribution is -0.128. The summed E-state index contributed by atoms with van der Waals surface area (Å²) in [7, 11) is 0. The Morgan fingerprint density at radius 1 is 1.23 bits per heavy atom. The van der Waals surface area contributed by atoms with Crippen LogP contribution in [-0.4, -0.2) is 50.6 Å². The monoisotopic (exact) mass is 192 g/mol. The molecule has 0 aliphatic heterocycles. The number of ketones is 1. The molecule has 0 aromatic heterocycles. The molecule has 4 N–H and O–H groups in total. The third kappa shape index (κ3) is 4.33. The highest BCUT2D eigenvalue weighted by Gasteiger charge is 2.25. The third-order valence-electron chi connectivity index (χ3n) is 1.82. The van der Waals surface area contributed by atoms with E-state index >= 15 is 0 Å². The van der Waals surface area contributed by atoms with Gasteiger partial charge in [-0.15, -0.1) is 0 Å². The van der Waals surface area contributed by atoms with E-state index in [1.807, 2.05) is 0 Å². The van der Waals surface area contributed by atoms with E-state index < -0.39 is 30.2 Å². The zero-order valence-corrected chi connectivity index (χ0v) is 7.71. The number of aliphatic hydroxyl groups is 4. The summed E-state index contributed by atoms with van der Waals surface area (Å²) in [6, 6.07) is 0. The van der Waals surface area contributed by atoms with E-state index in [1.54, 1.807) is 0 Å². The number of hydrogen-bond donors (Lipinski definition) is 4. The Morgan fingerprint density at radius 3 is 2.00 bits per heavy atom. The number of aliphatic hydroxyl groups excluding tert-OH is 4. The maximum absolute atomic E-state index is 10.6. The van der Waals surface area contributed by atoms with Gasteiger partial charge in [0.2, 0.25) is 0 Å². The molecule has 13 heavy (non-hydrogen) atoms. The predicted octanol–water partition coefficient (Wildman–Crippen LogP) is -1.57. The van der Waals surface area contributed by atoms with Crippen molar-refractivity contribution in [3.8, 4) is 0 Å². The van der Waals surface area contributed by atoms with Crippen LogP contribution < -0.4 is 0 Å². The van der Waals surface area contributed by atoms with Gasteiger partial charge in [-0.3, -0.25) is 4.79 Å². The smallest absolute Gasteiger partial charge is 0.158 e. The molecule has 0 aromatic rings. The number of rotatable bonds is 5. The fourth-order valence-electron chi connectivity index (χ4n) is 0.856. The molecular weight excluding hydrogens is 176 g/mol. The van der Waals surface area contributed by atoms with Gasteiger partial charge in [0.15, 0.2) is 5.78 Å². The van der Waals surface area contributed by atoms with E-state index in [-0.39, 0.29) is 6.42 Å². The highest BCUT2D eigenvalue weighted by atomic mass is 16.4. The second-order valence-corrected chi connectivity index (χ2v) is 3.16. The molecule has 0 aliphatic rings. The molecule has 78 valence electrons. The second kappa shape index (κ2) is 5.29. The quantitative estimate of drug-likeness (QED) is 0.422. The van der Waals surface area contributed by atoms with E-state index in [2.05, 4.69) is 0 Å². The highest BCUT2D eigenvalue weighted by molar-refractivity contribution is 5.80. The first-order valence-electron chi connectivity index (χ1n) is 4.09. The zero-order chi connectivity index (χ0) is 10.6. The number of hydrogen-bond acceptors (Lipinski definition) is 5. The van der Waals surface area contributed by atoms with Crippen LogP contribution in [-0.2, 0) is 4.79 Å². The third-order valence-corrected chi connectivity index (χ3v) is 1.82. The van der Waals surface area contributed by atoms with Crippen molar-refractivity contribution in [2.45, 2.75) is 44.7 Å². The number of Topliss-reactive ketones (excluding diaryl/α,β-unsaturated/α-hetero) is 1. The lowest BCUT2D eigenvalue weighted by atomic mass is 10.0. The molecule has 0 radical (unpaired) electrons. The van der Waals surface area contributed by atoms with E-state index in [0.717, 1.165) is 0 Å². The van der Waals surface area contributed by atoms with Crippen molar-refractivity contribution in [2.75, 3.05) is 0 Å². The summed E-state index contributed by atoms with van der Waals surface area (Å²) in [6.07, 6.45) is -5.27. The van der Waals surface area contributed by atoms with Gasteiger partial charge in [0.25, 0.3) is 0 Å². The van der Waals surface area contributed by atoms with Crippen LogP contribution in [0.3, 0.4) is 0 Å². The van der Waals surface area contributed by atoms with Crippen LogP contribution in [0.2, 0.25) is 0 Å². The minimum atomic E-state index is -1.34. The maximum Gasteiger partial charge on any atom is 0.158 e. The molecule has 0 amide bonds. The van der Waals surface area contributed by atoms with E-state index in [4.69, 9.17) is 15.3 Å². The number of carbonyl (C=O) groups excluding carboxylic acids is 1. The van der Waals surface area contributed by atoms with E-state index in [1.165, 1.54) is 13.8 Å². The minimum absolute atomic E-state index is 0.262. The van der Waals surface area contributed by atoms with Gasteiger partial charge in [-0.25, -0.2) is 0 Å². The Kier molecular flexibility index (Phi) is 5.09. The van der Waals surface area contributed by atoms with Crippen LogP contribution in [0.15, 0.2) is 0 Å². The van der Waals surface area contributed by atoms with Crippen molar-refractivity contribution in [3.05, 3.63) is 0 Å². The van der Waals surface area contributed by atoms with Gasteiger partial charge in [-0.2, -0.15) is 0 Å². The summed E-state index contributed by atoms with van der Waals surface area (Å²) in [5, 5.41) is 36.2. The first-order chi connectivity index (χ1) is 5.86. The fourth-order valence-corrected chi connectivity index (χ4v) is 0.856. The number of carbonyl (C=O) groups is 1. The van der Waals surface area contributed by atoms with Gasteiger partial charge in [-0.05, 0) is 13.8 Å². The first kappa shape index (κ1) is 12.5. The molecule has 5 nitrogen and oxygen atoms in total. The van der Waals surface area contributed by atoms with Crippen LogP contribution in [0.25, 0.3) is 0 Å². The van der Waals surface area contributed by atoms with Gasteiger partial charge >= 0.3 is 0 Å². The van der Waals surface area contributed by atoms with Crippen LogP contribution in [0.4, 0.5) is 0 Å². The van der Waals surface area contributed by atoms with Crippen LogP contribution in [0.5, 0.6) is 0 Å². The predicted molar refractivity (Wildman–Crippen MR) is 45.0 cm³/mol. The van der Waals surface area contributed by atoms with Crippen molar-refractivity contribution >= 4 is 5.78 Å². The topological polar surface area (TPSA) is 98.0 Å². The molecule has 0 saturated carbocycles.